The highest BCUT2D eigenvalue weighted by Crippen LogP contribution is 2.23. The van der Waals surface area contributed by atoms with E-state index in [0.29, 0.717) is 11.3 Å². The van der Waals surface area contributed by atoms with Gasteiger partial charge in [-0.15, -0.1) is 0 Å². The van der Waals surface area contributed by atoms with Crippen LogP contribution in [0.15, 0.2) is 42.5 Å². The van der Waals surface area contributed by atoms with Crippen molar-refractivity contribution in [1.82, 2.24) is 0 Å². The highest BCUT2D eigenvalue weighted by Gasteiger charge is 2.19. The molecule has 0 aromatic heterocycles. The fourth-order valence-electron chi connectivity index (χ4n) is 2.25. The average molecular weight is 374 g/mol. The zero-order chi connectivity index (χ0) is 19.8. The lowest BCUT2D eigenvalue weighted by atomic mass is 10.1. The Bertz CT molecular complexity index is 851. The number of methoxy groups -OCH3 is 1. The molecular formula is C18H18N2O7. The summed E-state index contributed by atoms with van der Waals surface area (Å²) in [5, 5.41) is 22.6. The molecule has 0 aliphatic rings. The van der Waals surface area contributed by atoms with Crippen LogP contribution in [0.3, 0.4) is 0 Å². The second-order valence-electron chi connectivity index (χ2n) is 5.37. The van der Waals surface area contributed by atoms with Crippen LogP contribution in [0, 0.1) is 10.1 Å². The Morgan fingerprint density at radius 2 is 2.00 bits per heavy atom. The van der Waals surface area contributed by atoms with Crippen molar-refractivity contribution in [1.29, 1.82) is 0 Å². The van der Waals surface area contributed by atoms with E-state index in [0.717, 1.165) is 6.07 Å². The molecule has 2 aromatic rings. The molecule has 9 nitrogen and oxygen atoms in total. The smallest absolute Gasteiger partial charge is 0.340 e. The number of nitrogens with zero attached hydrogens (tertiary/aromatic N) is 1. The molecular weight excluding hydrogens is 356 g/mol. The molecule has 0 saturated heterocycles. The number of esters is 1. The van der Waals surface area contributed by atoms with Crippen LogP contribution in [0.2, 0.25) is 0 Å². The van der Waals surface area contributed by atoms with Crippen molar-refractivity contribution in [2.45, 2.75) is 0 Å². The first-order chi connectivity index (χ1) is 13.0. The summed E-state index contributed by atoms with van der Waals surface area (Å²) in [7, 11) is 1.47. The normalized spacial score (nSPS) is 10.1. The molecule has 0 heterocycles. The summed E-state index contributed by atoms with van der Waals surface area (Å²) >= 11 is 0. The number of aliphatic hydroxyl groups is 1. The number of hydrogen-bond acceptors (Lipinski definition) is 8. The molecule has 0 amide bonds. The standard InChI is InChI=1S/C18H18N2O7/c1-26-14-4-2-3-12(9-14)17(22)11-27-18(23)15-10-13(20(24)25)5-6-16(15)19-7-8-21/h2-6,9-10,19,21H,7-8,11H2,1H3. The van der Waals surface area contributed by atoms with Crippen molar-refractivity contribution in [3.8, 4) is 5.75 Å². The summed E-state index contributed by atoms with van der Waals surface area (Å²) in [6, 6.07) is 9.98. The van der Waals surface area contributed by atoms with Crippen molar-refractivity contribution in [3.05, 3.63) is 63.7 Å². The minimum Gasteiger partial charge on any atom is -0.497 e. The summed E-state index contributed by atoms with van der Waals surface area (Å²) in [6.07, 6.45) is 0. The topological polar surface area (TPSA) is 128 Å². The molecule has 9 heteroatoms. The molecule has 0 saturated carbocycles. The number of aliphatic hydroxyl groups excluding tert-OH is 1. The van der Waals surface area contributed by atoms with Crippen molar-refractivity contribution in [2.24, 2.45) is 0 Å². The minimum absolute atomic E-state index is 0.101. The molecule has 0 bridgehead atoms. The van der Waals surface area contributed by atoms with E-state index in [1.807, 2.05) is 0 Å². The number of nitro benzene ring substituents is 1. The van der Waals surface area contributed by atoms with Gasteiger partial charge in [0.05, 0.1) is 24.2 Å². The molecule has 0 unspecified atom stereocenters. The van der Waals surface area contributed by atoms with Gasteiger partial charge in [-0.3, -0.25) is 14.9 Å². The van der Waals surface area contributed by atoms with Crippen LogP contribution in [0.4, 0.5) is 11.4 Å². The van der Waals surface area contributed by atoms with Gasteiger partial charge in [0.1, 0.15) is 5.75 Å². The Labute approximate surface area is 154 Å². The summed E-state index contributed by atoms with van der Waals surface area (Å²) < 4.78 is 10.1. The van der Waals surface area contributed by atoms with Crippen LogP contribution in [-0.4, -0.2) is 48.7 Å². The number of ether oxygens (including phenoxy) is 2. The SMILES string of the molecule is COc1cccc(C(=O)COC(=O)c2cc([N+](=O)[O-])ccc2NCCO)c1. The van der Waals surface area contributed by atoms with Crippen molar-refractivity contribution in [2.75, 3.05) is 32.2 Å². The summed E-state index contributed by atoms with van der Waals surface area (Å²) in [6.45, 7) is -0.589. The predicted octanol–water partition coefficient (Wildman–Crippen LogP) is 2.05. The van der Waals surface area contributed by atoms with E-state index < -0.39 is 23.3 Å². The van der Waals surface area contributed by atoms with Crippen LogP contribution in [0.1, 0.15) is 20.7 Å². The molecule has 0 aliphatic heterocycles. The van der Waals surface area contributed by atoms with Gasteiger partial charge in [0.15, 0.2) is 12.4 Å². The molecule has 0 atom stereocenters. The Kier molecular flexibility index (Phi) is 6.84. The second-order valence-corrected chi connectivity index (χ2v) is 5.37. The fourth-order valence-corrected chi connectivity index (χ4v) is 2.25. The summed E-state index contributed by atoms with van der Waals surface area (Å²) in [5.41, 5.74) is 0.167. The maximum Gasteiger partial charge on any atom is 0.340 e. The minimum atomic E-state index is -0.893. The first-order valence-corrected chi connectivity index (χ1v) is 7.93. The van der Waals surface area contributed by atoms with E-state index in [9.17, 15) is 19.7 Å². The molecule has 0 spiro atoms. The van der Waals surface area contributed by atoms with Crippen molar-refractivity contribution < 1.29 is 29.1 Å². The largest absolute Gasteiger partial charge is 0.497 e. The van der Waals surface area contributed by atoms with E-state index in [1.165, 1.54) is 25.3 Å². The number of nitro groups is 1. The van der Waals surface area contributed by atoms with Gasteiger partial charge in [0, 0.05) is 29.9 Å². The lowest BCUT2D eigenvalue weighted by Gasteiger charge is -2.11. The highest BCUT2D eigenvalue weighted by atomic mass is 16.6. The van der Waals surface area contributed by atoms with Gasteiger partial charge in [-0.2, -0.15) is 0 Å². The third-order valence-corrected chi connectivity index (χ3v) is 3.59. The quantitative estimate of drug-likeness (QED) is 0.295. The number of anilines is 1. The Hall–Kier alpha value is -3.46. The van der Waals surface area contributed by atoms with Gasteiger partial charge < -0.3 is 19.9 Å². The summed E-state index contributed by atoms with van der Waals surface area (Å²) in [4.78, 5) is 34.8. The maximum absolute atomic E-state index is 12.3. The number of rotatable bonds is 9. The van der Waals surface area contributed by atoms with E-state index >= 15 is 0 Å². The van der Waals surface area contributed by atoms with Gasteiger partial charge in [0.2, 0.25) is 0 Å². The monoisotopic (exact) mass is 374 g/mol. The highest BCUT2D eigenvalue weighted by molar-refractivity contribution is 6.01. The molecule has 2 N–H and O–H groups in total. The number of non-ortho nitro benzene ring substituents is 1. The van der Waals surface area contributed by atoms with E-state index in [1.54, 1.807) is 18.2 Å². The van der Waals surface area contributed by atoms with Gasteiger partial charge >= 0.3 is 5.97 Å². The van der Waals surface area contributed by atoms with Crippen LogP contribution in [-0.2, 0) is 4.74 Å². The molecule has 0 aliphatic carbocycles. The third kappa shape index (κ3) is 5.25. The van der Waals surface area contributed by atoms with Crippen LogP contribution in [0.25, 0.3) is 0 Å². The Balaban J connectivity index is 2.14. The van der Waals surface area contributed by atoms with Crippen LogP contribution >= 0.6 is 0 Å². The third-order valence-electron chi connectivity index (χ3n) is 3.59. The zero-order valence-electron chi connectivity index (χ0n) is 14.5. The van der Waals surface area contributed by atoms with Gasteiger partial charge in [-0.1, -0.05) is 12.1 Å². The van der Waals surface area contributed by atoms with Crippen molar-refractivity contribution in [3.63, 3.8) is 0 Å². The maximum atomic E-state index is 12.3. The number of carbonyl (C=O) groups is 2. The van der Waals surface area contributed by atoms with Gasteiger partial charge in [-0.05, 0) is 18.2 Å². The van der Waals surface area contributed by atoms with E-state index in [4.69, 9.17) is 14.6 Å². The number of Topliss-reactive ketones (excluding diaryl/α,β-unsaturated/α-hetero) is 1. The Morgan fingerprint density at radius 3 is 2.67 bits per heavy atom. The molecule has 27 heavy (non-hydrogen) atoms. The average Bonchev–Trinajstić information content (AvgIpc) is 2.69. The number of hydrogen-bond donors (Lipinski definition) is 2. The lowest BCUT2D eigenvalue weighted by Crippen LogP contribution is -2.17. The van der Waals surface area contributed by atoms with Crippen LogP contribution in [0.5, 0.6) is 5.75 Å². The molecule has 2 rings (SSSR count). The summed E-state index contributed by atoms with van der Waals surface area (Å²) in [5.74, 6) is -0.853. The number of carbonyl (C=O) groups excluding carboxylic acids is 2. The molecule has 0 radical (unpaired) electrons. The number of benzene rings is 2. The Morgan fingerprint density at radius 1 is 1.22 bits per heavy atom. The van der Waals surface area contributed by atoms with Gasteiger partial charge in [0.25, 0.3) is 5.69 Å². The van der Waals surface area contributed by atoms with E-state index in [-0.39, 0.29) is 30.1 Å². The van der Waals surface area contributed by atoms with E-state index in [2.05, 4.69) is 5.32 Å². The zero-order valence-corrected chi connectivity index (χ0v) is 14.5. The number of nitrogens with one attached hydrogen (secondary N) is 1. The predicted molar refractivity (Wildman–Crippen MR) is 96.3 cm³/mol. The first kappa shape index (κ1) is 19.9. The molecule has 142 valence electrons. The molecule has 2 aromatic carbocycles. The number of ketones is 1. The lowest BCUT2D eigenvalue weighted by molar-refractivity contribution is -0.384. The van der Waals surface area contributed by atoms with Gasteiger partial charge in [-0.25, -0.2) is 4.79 Å². The fraction of sp³-hybridized carbons (Fsp3) is 0.222. The van der Waals surface area contributed by atoms with Crippen molar-refractivity contribution >= 4 is 23.1 Å². The molecule has 0 fully saturated rings. The second kappa shape index (κ2) is 9.30. The first-order valence-electron chi connectivity index (χ1n) is 7.93. The van der Waals surface area contributed by atoms with Crippen LogP contribution < -0.4 is 10.1 Å².